The Bertz CT molecular complexity index is 1120. The third-order valence-corrected chi connectivity index (χ3v) is 4.62. The molecule has 8 nitrogen and oxygen atoms in total. The fourth-order valence-electron chi connectivity index (χ4n) is 2.88. The lowest BCUT2D eigenvalue weighted by atomic mass is 10.1. The number of nitrogens with zero attached hydrogens (tertiary/aromatic N) is 2. The minimum atomic E-state index is -0.851. The Kier molecular flexibility index (Phi) is 6.81. The zero-order valence-corrected chi connectivity index (χ0v) is 17.5. The average Bonchev–Trinajstić information content (AvgIpc) is 2.79. The van der Waals surface area contributed by atoms with E-state index in [2.05, 4.69) is 10.4 Å². The number of carbonyl (C=O) groups excluding carboxylic acids is 2. The van der Waals surface area contributed by atoms with Crippen molar-refractivity contribution in [3.63, 3.8) is 0 Å². The number of hydrogen-bond acceptors (Lipinski definition) is 6. The van der Waals surface area contributed by atoms with Gasteiger partial charge in [0.25, 0.3) is 5.56 Å². The van der Waals surface area contributed by atoms with Crippen LogP contribution in [0.3, 0.4) is 0 Å². The summed E-state index contributed by atoms with van der Waals surface area (Å²) in [6.45, 7) is 3.61. The molecular weight excluding hydrogens is 398 g/mol. The van der Waals surface area contributed by atoms with Gasteiger partial charge in [-0.2, -0.15) is 5.10 Å². The van der Waals surface area contributed by atoms with Gasteiger partial charge in [-0.25, -0.2) is 9.48 Å². The highest BCUT2D eigenvalue weighted by molar-refractivity contribution is 5.94. The average molecular weight is 421 g/mol. The number of ether oxygens (including phenoxy) is 2. The Hall–Kier alpha value is -3.94. The van der Waals surface area contributed by atoms with Crippen molar-refractivity contribution in [2.45, 2.75) is 19.9 Å². The lowest BCUT2D eigenvalue weighted by Crippen LogP contribution is -2.33. The van der Waals surface area contributed by atoms with Gasteiger partial charge in [-0.15, -0.1) is 0 Å². The van der Waals surface area contributed by atoms with Crippen LogP contribution in [0.2, 0.25) is 0 Å². The van der Waals surface area contributed by atoms with Gasteiger partial charge in [0, 0.05) is 17.3 Å². The van der Waals surface area contributed by atoms with Gasteiger partial charge in [-0.1, -0.05) is 0 Å². The third-order valence-electron chi connectivity index (χ3n) is 4.62. The molecule has 3 aromatic rings. The minimum Gasteiger partial charge on any atom is -0.497 e. The van der Waals surface area contributed by atoms with Crippen molar-refractivity contribution >= 4 is 17.6 Å². The van der Waals surface area contributed by atoms with Gasteiger partial charge in [-0.05, 0) is 68.4 Å². The van der Waals surface area contributed by atoms with Crippen LogP contribution in [0.1, 0.15) is 30.2 Å². The molecule has 0 fully saturated rings. The summed E-state index contributed by atoms with van der Waals surface area (Å²) in [5.41, 5.74) is 1.83. The molecule has 8 heteroatoms. The Morgan fingerprint density at radius 1 is 1.03 bits per heavy atom. The maximum atomic E-state index is 12.7. The molecule has 1 atom stereocenters. The highest BCUT2D eigenvalue weighted by Gasteiger charge is 2.18. The molecule has 1 N–H and O–H groups in total. The number of esters is 1. The summed E-state index contributed by atoms with van der Waals surface area (Å²) in [5.74, 6) is -0.135. The first-order chi connectivity index (χ1) is 14.9. The molecule has 0 saturated carbocycles. The van der Waals surface area contributed by atoms with Crippen LogP contribution >= 0.6 is 0 Å². The largest absolute Gasteiger partial charge is 0.497 e. The van der Waals surface area contributed by atoms with Crippen molar-refractivity contribution in [3.05, 3.63) is 76.6 Å². The molecule has 1 amide bonds. The highest BCUT2D eigenvalue weighted by Crippen LogP contribution is 2.20. The van der Waals surface area contributed by atoms with E-state index in [1.54, 1.807) is 63.4 Å². The number of methoxy groups -OCH3 is 1. The molecule has 0 spiro atoms. The van der Waals surface area contributed by atoms with Gasteiger partial charge in [0.05, 0.1) is 25.0 Å². The normalized spacial score (nSPS) is 11.5. The van der Waals surface area contributed by atoms with Crippen LogP contribution in [0, 0.1) is 0 Å². The molecule has 2 aromatic carbocycles. The monoisotopic (exact) mass is 421 g/mol. The fraction of sp³-hybridized carbons (Fsp3) is 0.217. The van der Waals surface area contributed by atoms with Crippen LogP contribution in [-0.2, 0) is 9.53 Å². The van der Waals surface area contributed by atoms with E-state index in [1.807, 2.05) is 12.1 Å². The van der Waals surface area contributed by atoms with Crippen LogP contribution in [0.25, 0.3) is 11.3 Å². The molecule has 0 radical (unpaired) electrons. The highest BCUT2D eigenvalue weighted by atomic mass is 16.5. The van der Waals surface area contributed by atoms with E-state index >= 15 is 0 Å². The van der Waals surface area contributed by atoms with E-state index in [9.17, 15) is 14.4 Å². The predicted octanol–water partition coefficient (Wildman–Crippen LogP) is 3.30. The second-order valence-corrected chi connectivity index (χ2v) is 6.69. The van der Waals surface area contributed by atoms with Gasteiger partial charge in [0.1, 0.15) is 11.8 Å². The standard InChI is InChI=1S/C23H23N3O5/c1-4-31-23(29)17-5-9-18(10-6-17)24-22(28)15(2)26-21(27)14-13-20(25-26)16-7-11-19(30-3)12-8-16/h5-15H,4H2,1-3H3,(H,24,28)/t15-/m0/s1. The number of nitrogens with one attached hydrogen (secondary N) is 1. The van der Waals surface area contributed by atoms with Gasteiger partial charge in [0.15, 0.2) is 0 Å². The van der Waals surface area contributed by atoms with Crippen molar-refractivity contribution in [1.82, 2.24) is 9.78 Å². The molecule has 3 rings (SSSR count). The number of aromatic nitrogens is 2. The SMILES string of the molecule is CCOC(=O)c1ccc(NC(=O)[C@H](C)n2nc(-c3ccc(OC)cc3)ccc2=O)cc1. The topological polar surface area (TPSA) is 99.5 Å². The van der Waals surface area contributed by atoms with Crippen LogP contribution in [0.4, 0.5) is 5.69 Å². The van der Waals surface area contributed by atoms with E-state index < -0.39 is 23.5 Å². The van der Waals surface area contributed by atoms with Crippen LogP contribution in [0.15, 0.2) is 65.5 Å². The molecule has 160 valence electrons. The van der Waals surface area contributed by atoms with E-state index in [0.717, 1.165) is 10.2 Å². The molecule has 0 aliphatic heterocycles. The number of amides is 1. The quantitative estimate of drug-likeness (QED) is 0.588. The van der Waals surface area contributed by atoms with Crippen molar-refractivity contribution < 1.29 is 19.1 Å². The molecule has 1 heterocycles. The van der Waals surface area contributed by atoms with E-state index in [4.69, 9.17) is 9.47 Å². The lowest BCUT2D eigenvalue weighted by Gasteiger charge is -2.15. The van der Waals surface area contributed by atoms with Gasteiger partial charge < -0.3 is 14.8 Å². The van der Waals surface area contributed by atoms with Crippen molar-refractivity contribution in [1.29, 1.82) is 0 Å². The molecule has 0 bridgehead atoms. The van der Waals surface area contributed by atoms with Crippen LogP contribution in [0.5, 0.6) is 5.75 Å². The van der Waals surface area contributed by atoms with Crippen LogP contribution in [-0.4, -0.2) is 35.4 Å². The molecular formula is C23H23N3O5. The van der Waals surface area contributed by atoms with Crippen molar-refractivity contribution in [2.24, 2.45) is 0 Å². The van der Waals surface area contributed by atoms with Crippen molar-refractivity contribution in [2.75, 3.05) is 19.0 Å². The number of hydrogen-bond donors (Lipinski definition) is 1. The first-order valence-corrected chi connectivity index (χ1v) is 9.75. The number of rotatable bonds is 7. The predicted molar refractivity (Wildman–Crippen MR) is 116 cm³/mol. The zero-order valence-electron chi connectivity index (χ0n) is 17.5. The van der Waals surface area contributed by atoms with E-state index in [-0.39, 0.29) is 6.61 Å². The van der Waals surface area contributed by atoms with Gasteiger partial charge >= 0.3 is 5.97 Å². The Morgan fingerprint density at radius 3 is 2.32 bits per heavy atom. The summed E-state index contributed by atoms with van der Waals surface area (Å²) in [7, 11) is 1.58. The first kappa shape index (κ1) is 21.8. The fourth-order valence-corrected chi connectivity index (χ4v) is 2.88. The van der Waals surface area contributed by atoms with Crippen LogP contribution < -0.4 is 15.6 Å². The zero-order chi connectivity index (χ0) is 22.4. The van der Waals surface area contributed by atoms with Crippen molar-refractivity contribution in [3.8, 4) is 17.0 Å². The Labute approximate surface area is 179 Å². The molecule has 0 aliphatic carbocycles. The summed E-state index contributed by atoms with van der Waals surface area (Å²) >= 11 is 0. The summed E-state index contributed by atoms with van der Waals surface area (Å²) in [6.07, 6.45) is 0. The van der Waals surface area contributed by atoms with E-state index in [0.29, 0.717) is 22.7 Å². The number of anilines is 1. The Morgan fingerprint density at radius 2 is 1.71 bits per heavy atom. The number of carbonyl (C=O) groups is 2. The first-order valence-electron chi connectivity index (χ1n) is 9.75. The summed E-state index contributed by atoms with van der Waals surface area (Å²) in [6, 6.07) is 15.7. The van der Waals surface area contributed by atoms with Gasteiger partial charge in [0.2, 0.25) is 5.91 Å². The second-order valence-electron chi connectivity index (χ2n) is 6.69. The summed E-state index contributed by atoms with van der Waals surface area (Å²) in [4.78, 5) is 36.8. The molecule has 31 heavy (non-hydrogen) atoms. The Balaban J connectivity index is 1.77. The van der Waals surface area contributed by atoms with E-state index in [1.165, 1.54) is 6.07 Å². The molecule has 1 aromatic heterocycles. The molecule has 0 unspecified atom stereocenters. The van der Waals surface area contributed by atoms with Gasteiger partial charge in [-0.3, -0.25) is 9.59 Å². The maximum Gasteiger partial charge on any atom is 0.338 e. The maximum absolute atomic E-state index is 12.7. The summed E-state index contributed by atoms with van der Waals surface area (Å²) in [5, 5.41) is 7.09. The smallest absolute Gasteiger partial charge is 0.338 e. The third kappa shape index (κ3) is 5.16. The lowest BCUT2D eigenvalue weighted by molar-refractivity contribution is -0.119. The molecule has 0 aliphatic rings. The molecule has 0 saturated heterocycles. The number of benzene rings is 2. The summed E-state index contributed by atoms with van der Waals surface area (Å²) < 4.78 is 11.2. The minimum absolute atomic E-state index is 0.284. The second kappa shape index (κ2) is 9.71.